The molecule has 1 aliphatic rings. The fraction of sp³-hybridized carbons (Fsp3) is 0.588. The van der Waals surface area contributed by atoms with Crippen molar-refractivity contribution in [2.24, 2.45) is 5.92 Å². The van der Waals surface area contributed by atoms with Gasteiger partial charge in [-0.1, -0.05) is 32.4 Å². The van der Waals surface area contributed by atoms with Crippen molar-refractivity contribution in [3.63, 3.8) is 0 Å². The number of carbonyl (C=O) groups is 1. The van der Waals surface area contributed by atoms with E-state index in [1.807, 2.05) is 11.8 Å². The number of benzene rings is 1. The summed E-state index contributed by atoms with van der Waals surface area (Å²) in [5.74, 6) is 0.255. The molecule has 1 aromatic rings. The standard InChI is InChI=1S/C17H24FNO2/c1-4-13-10-11-19(12(13)3)17(20)15(5-2)21-16-9-7-6-8-14(16)18/h6-9,12-13,15H,4-5,10-11H2,1-3H3/t12-,13-,15-/m0/s1. The lowest BCUT2D eigenvalue weighted by atomic mass is 9.99. The van der Waals surface area contributed by atoms with E-state index in [1.54, 1.807) is 18.2 Å². The summed E-state index contributed by atoms with van der Waals surface area (Å²) < 4.78 is 19.3. The molecule has 0 saturated carbocycles. The first-order valence-electron chi connectivity index (χ1n) is 7.80. The monoisotopic (exact) mass is 293 g/mol. The van der Waals surface area contributed by atoms with Crippen molar-refractivity contribution >= 4 is 5.91 Å². The van der Waals surface area contributed by atoms with E-state index >= 15 is 0 Å². The highest BCUT2D eigenvalue weighted by atomic mass is 19.1. The molecule has 1 heterocycles. The molecule has 116 valence electrons. The van der Waals surface area contributed by atoms with Crippen LogP contribution in [0.25, 0.3) is 0 Å². The van der Waals surface area contributed by atoms with Gasteiger partial charge in [-0.15, -0.1) is 0 Å². The molecule has 1 saturated heterocycles. The predicted octanol–water partition coefficient (Wildman–Crippen LogP) is 3.63. The molecule has 1 aromatic carbocycles. The molecule has 4 heteroatoms. The second kappa shape index (κ2) is 6.92. The second-order valence-corrected chi connectivity index (χ2v) is 5.67. The van der Waals surface area contributed by atoms with Gasteiger partial charge in [0.1, 0.15) is 0 Å². The van der Waals surface area contributed by atoms with E-state index in [0.29, 0.717) is 12.3 Å². The molecule has 0 unspecified atom stereocenters. The summed E-state index contributed by atoms with van der Waals surface area (Å²) in [4.78, 5) is 14.5. The highest BCUT2D eigenvalue weighted by molar-refractivity contribution is 5.81. The summed E-state index contributed by atoms with van der Waals surface area (Å²) in [5.41, 5.74) is 0. The zero-order valence-electron chi connectivity index (χ0n) is 13.0. The van der Waals surface area contributed by atoms with Crippen LogP contribution in [-0.4, -0.2) is 29.5 Å². The van der Waals surface area contributed by atoms with Gasteiger partial charge >= 0.3 is 0 Å². The highest BCUT2D eigenvalue weighted by Crippen LogP contribution is 2.28. The van der Waals surface area contributed by atoms with Crippen molar-refractivity contribution in [3.8, 4) is 5.75 Å². The topological polar surface area (TPSA) is 29.5 Å². The Morgan fingerprint density at radius 1 is 1.43 bits per heavy atom. The van der Waals surface area contributed by atoms with E-state index in [2.05, 4.69) is 13.8 Å². The molecule has 3 atom stereocenters. The fourth-order valence-electron chi connectivity index (χ4n) is 3.05. The Labute approximate surface area is 126 Å². The summed E-state index contributed by atoms with van der Waals surface area (Å²) in [5, 5.41) is 0. The minimum Gasteiger partial charge on any atom is -0.478 e. The van der Waals surface area contributed by atoms with Gasteiger partial charge in [-0.2, -0.15) is 0 Å². The molecular formula is C17H24FNO2. The van der Waals surface area contributed by atoms with Gasteiger partial charge in [-0.25, -0.2) is 4.39 Å². The van der Waals surface area contributed by atoms with Crippen molar-refractivity contribution < 1.29 is 13.9 Å². The molecule has 21 heavy (non-hydrogen) atoms. The summed E-state index contributed by atoms with van der Waals surface area (Å²) in [6, 6.07) is 6.47. The lowest BCUT2D eigenvalue weighted by molar-refractivity contribution is -0.139. The van der Waals surface area contributed by atoms with E-state index in [9.17, 15) is 9.18 Å². The molecule has 0 radical (unpaired) electrons. The van der Waals surface area contributed by atoms with Crippen LogP contribution in [0, 0.1) is 11.7 Å². The van der Waals surface area contributed by atoms with Gasteiger partial charge in [0.2, 0.25) is 0 Å². The summed E-state index contributed by atoms with van der Waals surface area (Å²) in [6.45, 7) is 6.91. The quantitative estimate of drug-likeness (QED) is 0.829. The van der Waals surface area contributed by atoms with Crippen LogP contribution in [0.3, 0.4) is 0 Å². The van der Waals surface area contributed by atoms with Crippen LogP contribution in [0.4, 0.5) is 4.39 Å². The number of hydrogen-bond acceptors (Lipinski definition) is 2. The largest absolute Gasteiger partial charge is 0.478 e. The molecule has 0 bridgehead atoms. The first kappa shape index (κ1) is 15.8. The van der Waals surface area contributed by atoms with Crippen LogP contribution in [0.15, 0.2) is 24.3 Å². The van der Waals surface area contributed by atoms with E-state index in [1.165, 1.54) is 6.07 Å². The molecular weight excluding hydrogens is 269 g/mol. The maximum absolute atomic E-state index is 13.7. The minimum absolute atomic E-state index is 0.0239. The first-order chi connectivity index (χ1) is 10.1. The van der Waals surface area contributed by atoms with Crippen molar-refractivity contribution in [2.45, 2.75) is 52.2 Å². The number of ether oxygens (including phenoxy) is 1. The number of likely N-dealkylation sites (tertiary alicyclic amines) is 1. The summed E-state index contributed by atoms with van der Waals surface area (Å²) in [7, 11) is 0. The third kappa shape index (κ3) is 3.36. The molecule has 1 aliphatic heterocycles. The second-order valence-electron chi connectivity index (χ2n) is 5.67. The smallest absolute Gasteiger partial charge is 0.263 e. The number of carbonyl (C=O) groups excluding carboxylic acids is 1. The van der Waals surface area contributed by atoms with Gasteiger partial charge in [-0.3, -0.25) is 4.79 Å². The summed E-state index contributed by atoms with van der Waals surface area (Å²) in [6.07, 6.45) is 2.04. The molecule has 2 rings (SSSR count). The van der Waals surface area contributed by atoms with Crippen LogP contribution in [0.2, 0.25) is 0 Å². The van der Waals surface area contributed by atoms with E-state index in [0.717, 1.165) is 19.4 Å². The van der Waals surface area contributed by atoms with Gasteiger partial charge in [0, 0.05) is 12.6 Å². The van der Waals surface area contributed by atoms with Crippen LogP contribution in [0.1, 0.15) is 40.0 Å². The van der Waals surface area contributed by atoms with Crippen molar-refractivity contribution in [2.75, 3.05) is 6.54 Å². The predicted molar refractivity (Wildman–Crippen MR) is 80.7 cm³/mol. The average molecular weight is 293 g/mol. The van der Waals surface area contributed by atoms with Gasteiger partial charge in [-0.05, 0) is 37.8 Å². The maximum Gasteiger partial charge on any atom is 0.263 e. The van der Waals surface area contributed by atoms with E-state index in [-0.39, 0.29) is 17.7 Å². The van der Waals surface area contributed by atoms with Gasteiger partial charge in [0.05, 0.1) is 0 Å². The Morgan fingerprint density at radius 2 is 2.14 bits per heavy atom. The van der Waals surface area contributed by atoms with Gasteiger partial charge in [0.25, 0.3) is 5.91 Å². The Balaban J connectivity index is 2.07. The molecule has 1 fully saturated rings. The minimum atomic E-state index is -0.611. The fourth-order valence-corrected chi connectivity index (χ4v) is 3.05. The SMILES string of the molecule is CC[C@H]1CCN(C(=O)[C@H](CC)Oc2ccccc2F)[C@H]1C. The zero-order chi connectivity index (χ0) is 15.4. The summed E-state index contributed by atoms with van der Waals surface area (Å²) >= 11 is 0. The van der Waals surface area contributed by atoms with Crippen LogP contribution in [0.5, 0.6) is 5.75 Å². The van der Waals surface area contributed by atoms with Gasteiger partial charge in [0.15, 0.2) is 17.7 Å². The van der Waals surface area contributed by atoms with Crippen molar-refractivity contribution in [1.82, 2.24) is 4.90 Å². The van der Waals surface area contributed by atoms with Crippen LogP contribution in [-0.2, 0) is 4.79 Å². The molecule has 1 amide bonds. The Hall–Kier alpha value is -1.58. The molecule has 0 aromatic heterocycles. The third-order valence-corrected chi connectivity index (χ3v) is 4.47. The normalized spacial score (nSPS) is 23.1. The number of nitrogens with zero attached hydrogens (tertiary/aromatic N) is 1. The number of halogens is 1. The van der Waals surface area contributed by atoms with Crippen LogP contribution < -0.4 is 4.74 Å². The molecule has 0 N–H and O–H groups in total. The average Bonchev–Trinajstić information content (AvgIpc) is 2.86. The maximum atomic E-state index is 13.7. The Kier molecular flexibility index (Phi) is 5.21. The van der Waals surface area contributed by atoms with E-state index in [4.69, 9.17) is 4.74 Å². The molecule has 3 nitrogen and oxygen atoms in total. The number of rotatable bonds is 5. The molecule has 0 spiro atoms. The Bertz CT molecular complexity index is 491. The lowest BCUT2D eigenvalue weighted by Crippen LogP contribution is -2.44. The number of amides is 1. The van der Waals surface area contributed by atoms with Gasteiger partial charge < -0.3 is 9.64 Å². The van der Waals surface area contributed by atoms with E-state index < -0.39 is 11.9 Å². The first-order valence-corrected chi connectivity index (χ1v) is 7.80. The Morgan fingerprint density at radius 3 is 2.71 bits per heavy atom. The van der Waals surface area contributed by atoms with Crippen LogP contribution >= 0.6 is 0 Å². The highest BCUT2D eigenvalue weighted by Gasteiger charge is 2.36. The zero-order valence-corrected chi connectivity index (χ0v) is 13.0. The van der Waals surface area contributed by atoms with Crippen molar-refractivity contribution in [3.05, 3.63) is 30.1 Å². The number of hydrogen-bond donors (Lipinski definition) is 0. The van der Waals surface area contributed by atoms with Crippen molar-refractivity contribution in [1.29, 1.82) is 0 Å². The lowest BCUT2D eigenvalue weighted by Gasteiger charge is -2.28. The third-order valence-electron chi connectivity index (χ3n) is 4.47. The number of para-hydroxylation sites is 1. The molecule has 0 aliphatic carbocycles.